The number of carbonyl (C=O) groups excluding carboxylic acids is 2. The Balaban J connectivity index is 1.41. The Hall–Kier alpha value is -2.59. The van der Waals surface area contributed by atoms with E-state index in [0.29, 0.717) is 32.5 Å². The average Bonchev–Trinajstić information content (AvgIpc) is 3.36. The van der Waals surface area contributed by atoms with Gasteiger partial charge < -0.3 is 10.6 Å². The second-order valence-electron chi connectivity index (χ2n) is 7.24. The van der Waals surface area contributed by atoms with Crippen LogP contribution >= 0.6 is 11.3 Å². The van der Waals surface area contributed by atoms with Crippen molar-refractivity contribution in [1.82, 2.24) is 15.0 Å². The number of halogens is 1. The minimum absolute atomic E-state index is 0.00366. The quantitative estimate of drug-likeness (QED) is 0.815. The Bertz CT molecular complexity index is 928. The van der Waals surface area contributed by atoms with E-state index in [-0.39, 0.29) is 23.8 Å². The average molecular weight is 419 g/mol. The van der Waals surface area contributed by atoms with Crippen molar-refractivity contribution in [3.63, 3.8) is 0 Å². The fraction of sp³-hybridized carbons (Fsp3) is 0.474. The van der Waals surface area contributed by atoms with Gasteiger partial charge in [0.25, 0.3) is 5.91 Å². The third-order valence-corrected chi connectivity index (χ3v) is 6.41. The molecule has 0 aliphatic carbocycles. The highest BCUT2D eigenvalue weighted by atomic mass is 32.1. The number of amides is 2. The van der Waals surface area contributed by atoms with Gasteiger partial charge in [-0.25, -0.2) is 19.4 Å². The zero-order chi connectivity index (χ0) is 20.5. The first-order chi connectivity index (χ1) is 13.9. The molecule has 2 aliphatic rings. The first-order valence-corrected chi connectivity index (χ1v) is 10.4. The monoisotopic (exact) mass is 419 g/mol. The van der Waals surface area contributed by atoms with Gasteiger partial charge >= 0.3 is 0 Å². The molecule has 2 amide bonds. The summed E-state index contributed by atoms with van der Waals surface area (Å²) in [6.45, 7) is 3.63. The number of rotatable bonds is 4. The van der Waals surface area contributed by atoms with E-state index in [1.807, 2.05) is 11.8 Å². The van der Waals surface area contributed by atoms with E-state index < -0.39 is 17.4 Å². The van der Waals surface area contributed by atoms with E-state index in [1.54, 1.807) is 16.4 Å². The van der Waals surface area contributed by atoms with Gasteiger partial charge in [-0.1, -0.05) is 0 Å². The number of piperidine rings is 1. The number of anilines is 1. The van der Waals surface area contributed by atoms with Crippen LogP contribution in [0.5, 0.6) is 0 Å². The molecule has 2 fully saturated rings. The summed E-state index contributed by atoms with van der Waals surface area (Å²) >= 11 is 1.69. The highest BCUT2D eigenvalue weighted by Crippen LogP contribution is 2.36. The van der Waals surface area contributed by atoms with Gasteiger partial charge in [-0.2, -0.15) is 0 Å². The minimum Gasteiger partial charge on any atom is -0.364 e. The lowest BCUT2D eigenvalue weighted by Crippen LogP contribution is -2.42. The van der Waals surface area contributed by atoms with Crippen molar-refractivity contribution in [2.45, 2.75) is 32.2 Å². The van der Waals surface area contributed by atoms with E-state index >= 15 is 0 Å². The van der Waals surface area contributed by atoms with Crippen molar-refractivity contribution in [2.24, 2.45) is 11.7 Å². The van der Waals surface area contributed by atoms with Gasteiger partial charge in [-0.3, -0.25) is 14.4 Å². The molecule has 8 nitrogen and oxygen atoms in total. The maximum atomic E-state index is 13.6. The topological polar surface area (TPSA) is 102 Å². The van der Waals surface area contributed by atoms with Gasteiger partial charge in [-0.05, 0) is 31.9 Å². The van der Waals surface area contributed by atoms with Gasteiger partial charge in [0.1, 0.15) is 0 Å². The van der Waals surface area contributed by atoms with Gasteiger partial charge in [-0.15, -0.1) is 11.3 Å². The number of thiophene rings is 1. The standard InChI is InChI=1S/C19H22FN5O3S/c1-11-2-3-15(29-11)14-6-9-28-25(14)18(27)12-4-7-24(8-5-12)19-22-10-13(20)16(23-19)17(21)26/h2-3,10,12,14H,4-9H2,1H3,(H2,21,26)/t14-/m0/s1. The Labute approximate surface area is 171 Å². The lowest BCUT2D eigenvalue weighted by atomic mass is 9.95. The van der Waals surface area contributed by atoms with Crippen LogP contribution in [0, 0.1) is 18.7 Å². The van der Waals surface area contributed by atoms with E-state index in [0.717, 1.165) is 17.5 Å². The zero-order valence-corrected chi connectivity index (χ0v) is 16.8. The Kier molecular flexibility index (Phi) is 5.46. The largest absolute Gasteiger partial charge is 0.364 e. The molecule has 2 aliphatic heterocycles. The number of carbonyl (C=O) groups is 2. The second kappa shape index (κ2) is 8.03. The van der Waals surface area contributed by atoms with Crippen molar-refractivity contribution in [2.75, 3.05) is 24.6 Å². The van der Waals surface area contributed by atoms with Gasteiger partial charge in [0.05, 0.1) is 18.8 Å². The number of aromatic nitrogens is 2. The molecule has 1 atom stereocenters. The maximum Gasteiger partial charge on any atom is 0.270 e. The smallest absolute Gasteiger partial charge is 0.270 e. The molecule has 0 aromatic carbocycles. The van der Waals surface area contributed by atoms with Crippen LogP contribution in [0.4, 0.5) is 10.3 Å². The number of hydrogen-bond donors (Lipinski definition) is 1. The molecule has 2 N–H and O–H groups in total. The fourth-order valence-electron chi connectivity index (χ4n) is 3.77. The summed E-state index contributed by atoms with van der Waals surface area (Å²) < 4.78 is 13.6. The number of aryl methyl sites for hydroxylation is 1. The molecule has 4 rings (SSSR count). The van der Waals surface area contributed by atoms with Crippen LogP contribution in [0.25, 0.3) is 0 Å². The summed E-state index contributed by atoms with van der Waals surface area (Å²) in [6.07, 6.45) is 2.94. The van der Waals surface area contributed by atoms with Crippen LogP contribution in [0.1, 0.15) is 45.5 Å². The fourth-order valence-corrected chi connectivity index (χ4v) is 4.76. The molecule has 2 aromatic rings. The molecule has 0 spiro atoms. The van der Waals surface area contributed by atoms with Crippen molar-refractivity contribution in [3.8, 4) is 0 Å². The summed E-state index contributed by atoms with van der Waals surface area (Å²) in [5.74, 6) is -1.69. The maximum absolute atomic E-state index is 13.6. The molecule has 10 heteroatoms. The Morgan fingerprint density at radius 2 is 2.03 bits per heavy atom. The molecule has 29 heavy (non-hydrogen) atoms. The lowest BCUT2D eigenvalue weighted by molar-refractivity contribution is -0.182. The summed E-state index contributed by atoms with van der Waals surface area (Å²) in [6, 6.07) is 4.09. The number of nitrogens with two attached hydrogens (primary N) is 1. The normalized spacial score (nSPS) is 20.3. The molecule has 2 saturated heterocycles. The molecule has 0 bridgehead atoms. The number of hydrogen-bond acceptors (Lipinski definition) is 7. The van der Waals surface area contributed by atoms with Gasteiger partial charge in [0.2, 0.25) is 11.9 Å². The number of hydroxylamine groups is 2. The second-order valence-corrected chi connectivity index (χ2v) is 8.56. The van der Waals surface area contributed by atoms with E-state index in [4.69, 9.17) is 10.6 Å². The van der Waals surface area contributed by atoms with Crippen molar-refractivity contribution in [1.29, 1.82) is 0 Å². The number of primary amides is 1. The SMILES string of the molecule is Cc1ccc([C@@H]2CCON2C(=O)C2CCN(c3ncc(F)c(C(N)=O)n3)CC2)s1. The predicted molar refractivity (Wildman–Crippen MR) is 105 cm³/mol. The van der Waals surface area contributed by atoms with Crippen LogP contribution in [0.3, 0.4) is 0 Å². The zero-order valence-electron chi connectivity index (χ0n) is 16.0. The van der Waals surface area contributed by atoms with Crippen LogP contribution in [0.2, 0.25) is 0 Å². The third-order valence-electron chi connectivity index (χ3n) is 5.30. The van der Waals surface area contributed by atoms with Crippen LogP contribution in [-0.4, -0.2) is 46.5 Å². The molecule has 4 heterocycles. The lowest BCUT2D eigenvalue weighted by Gasteiger charge is -2.33. The van der Waals surface area contributed by atoms with Crippen LogP contribution < -0.4 is 10.6 Å². The van der Waals surface area contributed by atoms with Crippen LogP contribution in [-0.2, 0) is 9.63 Å². The van der Waals surface area contributed by atoms with Crippen LogP contribution in [0.15, 0.2) is 18.3 Å². The van der Waals surface area contributed by atoms with E-state index in [1.165, 1.54) is 4.88 Å². The minimum atomic E-state index is -0.933. The van der Waals surface area contributed by atoms with Crippen molar-refractivity contribution < 1.29 is 18.8 Å². The Morgan fingerprint density at radius 3 is 2.69 bits per heavy atom. The summed E-state index contributed by atoms with van der Waals surface area (Å²) in [4.78, 5) is 42.1. The Morgan fingerprint density at radius 1 is 1.28 bits per heavy atom. The summed E-state index contributed by atoms with van der Waals surface area (Å²) in [5, 5.41) is 1.55. The molecule has 2 aromatic heterocycles. The summed E-state index contributed by atoms with van der Waals surface area (Å²) in [5.41, 5.74) is 4.73. The highest BCUT2D eigenvalue weighted by Gasteiger charge is 2.37. The molecule has 0 unspecified atom stereocenters. The highest BCUT2D eigenvalue weighted by molar-refractivity contribution is 7.12. The summed E-state index contributed by atoms with van der Waals surface area (Å²) in [7, 11) is 0. The van der Waals surface area contributed by atoms with Gasteiger partial charge in [0.15, 0.2) is 11.5 Å². The number of nitrogens with zero attached hydrogens (tertiary/aromatic N) is 4. The van der Waals surface area contributed by atoms with E-state index in [2.05, 4.69) is 22.1 Å². The molecule has 0 radical (unpaired) electrons. The van der Waals surface area contributed by atoms with Gasteiger partial charge in [0, 0.05) is 35.2 Å². The first-order valence-electron chi connectivity index (χ1n) is 9.53. The molecular weight excluding hydrogens is 397 g/mol. The molecular formula is C19H22FN5O3S. The molecule has 154 valence electrons. The third kappa shape index (κ3) is 3.95. The van der Waals surface area contributed by atoms with E-state index in [9.17, 15) is 14.0 Å². The predicted octanol–water partition coefficient (Wildman–Crippen LogP) is 2.21. The van der Waals surface area contributed by atoms with Crippen molar-refractivity contribution >= 4 is 29.1 Å². The molecule has 0 saturated carbocycles. The first kappa shape index (κ1) is 19.7. The van der Waals surface area contributed by atoms with Crippen molar-refractivity contribution in [3.05, 3.63) is 39.6 Å².